The number of halogens is 4. The molecule has 0 aliphatic carbocycles. The second-order valence-corrected chi connectivity index (χ2v) is 6.85. The lowest BCUT2D eigenvalue weighted by molar-refractivity contribution is -0.276. The lowest BCUT2D eigenvalue weighted by Gasteiger charge is -2.09. The van der Waals surface area contributed by atoms with Gasteiger partial charge in [-0.15, -0.1) is 23.4 Å². The maximum absolute atomic E-state index is 12.1. The second-order valence-electron chi connectivity index (χ2n) is 6.47. The quantitative estimate of drug-likeness (QED) is 0.491. The second kappa shape index (κ2) is 9.25. The van der Waals surface area contributed by atoms with Crippen LogP contribution in [0.1, 0.15) is 29.2 Å². The highest BCUT2D eigenvalue weighted by Gasteiger charge is 2.31. The molecule has 2 aromatic heterocycles. The van der Waals surface area contributed by atoms with E-state index in [9.17, 15) is 13.2 Å². The number of ether oxygens (including phenoxy) is 2. The van der Waals surface area contributed by atoms with E-state index in [4.69, 9.17) is 16.3 Å². The highest BCUT2D eigenvalue weighted by Crippen LogP contribution is 2.24. The molecule has 0 aliphatic rings. The van der Waals surface area contributed by atoms with Crippen molar-refractivity contribution in [2.24, 2.45) is 0 Å². The van der Waals surface area contributed by atoms with Crippen molar-refractivity contribution in [2.45, 2.75) is 39.5 Å². The van der Waals surface area contributed by atoms with Gasteiger partial charge in [0.05, 0.1) is 16.4 Å². The van der Waals surface area contributed by atoms with E-state index in [0.717, 1.165) is 42.3 Å². The normalized spacial score (nSPS) is 11.4. The molecule has 30 heavy (non-hydrogen) atoms. The molecule has 0 aliphatic heterocycles. The Morgan fingerprint density at radius 1 is 0.900 bits per heavy atom. The van der Waals surface area contributed by atoms with E-state index in [1.165, 1.54) is 6.07 Å². The molecule has 0 saturated heterocycles. The molecular weight excluding hydrogens is 421 g/mol. The standard InChI is InChI=1S/C20H18ClF3N4O2/c1-12-19(21)16(26-13(2)25-12)5-3-4-14-6-8-15(9-7-14)29-17-10-11-18(28-27-17)30-20(22,23)24/h6-11H,3-5H2,1-2H3. The van der Waals surface area contributed by atoms with E-state index in [-0.39, 0.29) is 5.88 Å². The lowest BCUT2D eigenvalue weighted by atomic mass is 10.1. The van der Waals surface area contributed by atoms with Gasteiger partial charge in [-0.05, 0) is 50.8 Å². The molecule has 0 radical (unpaired) electrons. The highest BCUT2D eigenvalue weighted by molar-refractivity contribution is 6.31. The molecule has 0 bridgehead atoms. The van der Waals surface area contributed by atoms with Crippen LogP contribution in [0.15, 0.2) is 36.4 Å². The third-order valence-corrected chi connectivity index (χ3v) is 4.55. The van der Waals surface area contributed by atoms with Gasteiger partial charge in [0, 0.05) is 12.1 Å². The molecule has 10 heteroatoms. The van der Waals surface area contributed by atoms with Crippen LogP contribution in [0, 0.1) is 13.8 Å². The topological polar surface area (TPSA) is 70.0 Å². The highest BCUT2D eigenvalue weighted by atomic mass is 35.5. The minimum absolute atomic E-state index is 0.0569. The smallest absolute Gasteiger partial charge is 0.438 e. The molecule has 0 N–H and O–H groups in total. The van der Waals surface area contributed by atoms with Crippen molar-refractivity contribution < 1.29 is 22.6 Å². The van der Waals surface area contributed by atoms with Gasteiger partial charge in [0.1, 0.15) is 11.6 Å². The molecule has 0 fully saturated rings. The van der Waals surface area contributed by atoms with Gasteiger partial charge < -0.3 is 9.47 Å². The molecule has 0 saturated carbocycles. The van der Waals surface area contributed by atoms with Crippen LogP contribution in [-0.4, -0.2) is 26.5 Å². The third kappa shape index (κ3) is 6.28. The number of rotatable bonds is 7. The monoisotopic (exact) mass is 438 g/mol. The first kappa shape index (κ1) is 21.8. The molecule has 6 nitrogen and oxygen atoms in total. The summed E-state index contributed by atoms with van der Waals surface area (Å²) in [4.78, 5) is 8.65. The Hall–Kier alpha value is -2.94. The molecule has 158 valence electrons. The van der Waals surface area contributed by atoms with Crippen molar-refractivity contribution in [1.29, 1.82) is 0 Å². The minimum atomic E-state index is -4.82. The number of aromatic nitrogens is 4. The summed E-state index contributed by atoms with van der Waals surface area (Å²) in [6, 6.07) is 9.60. The van der Waals surface area contributed by atoms with Gasteiger partial charge in [-0.2, -0.15) is 0 Å². The molecule has 0 amide bonds. The molecule has 0 atom stereocenters. The molecular formula is C20H18ClF3N4O2. The van der Waals surface area contributed by atoms with Crippen molar-refractivity contribution in [2.75, 3.05) is 0 Å². The number of hydrogen-bond donors (Lipinski definition) is 0. The van der Waals surface area contributed by atoms with E-state index in [0.29, 0.717) is 16.6 Å². The van der Waals surface area contributed by atoms with Gasteiger partial charge in [0.2, 0.25) is 11.8 Å². The fourth-order valence-electron chi connectivity index (χ4n) is 2.78. The van der Waals surface area contributed by atoms with Gasteiger partial charge >= 0.3 is 6.36 Å². The minimum Gasteiger partial charge on any atom is -0.438 e. The van der Waals surface area contributed by atoms with Crippen molar-refractivity contribution in [3.8, 4) is 17.5 Å². The average Bonchev–Trinajstić information content (AvgIpc) is 2.67. The van der Waals surface area contributed by atoms with Gasteiger partial charge in [-0.25, -0.2) is 9.97 Å². The molecule has 1 aromatic carbocycles. The van der Waals surface area contributed by atoms with Gasteiger partial charge in [-0.3, -0.25) is 0 Å². The zero-order valence-electron chi connectivity index (χ0n) is 16.2. The van der Waals surface area contributed by atoms with E-state index in [1.54, 1.807) is 12.1 Å². The zero-order valence-corrected chi connectivity index (χ0v) is 17.0. The van der Waals surface area contributed by atoms with Crippen molar-refractivity contribution >= 4 is 11.6 Å². The summed E-state index contributed by atoms with van der Waals surface area (Å²) < 4.78 is 45.6. The Morgan fingerprint density at radius 2 is 1.57 bits per heavy atom. The van der Waals surface area contributed by atoms with Gasteiger partial charge in [0.15, 0.2) is 0 Å². The van der Waals surface area contributed by atoms with Crippen LogP contribution in [0.3, 0.4) is 0 Å². The summed E-state index contributed by atoms with van der Waals surface area (Å²) in [5, 5.41) is 7.50. The summed E-state index contributed by atoms with van der Waals surface area (Å²) in [7, 11) is 0. The Morgan fingerprint density at radius 3 is 2.20 bits per heavy atom. The zero-order chi connectivity index (χ0) is 21.7. The first-order chi connectivity index (χ1) is 14.2. The average molecular weight is 439 g/mol. The first-order valence-corrected chi connectivity index (χ1v) is 9.43. The maximum atomic E-state index is 12.1. The summed E-state index contributed by atoms with van der Waals surface area (Å²) in [5.41, 5.74) is 2.72. The summed E-state index contributed by atoms with van der Waals surface area (Å²) in [6.07, 6.45) is -2.39. The molecule has 3 rings (SSSR count). The van der Waals surface area contributed by atoms with Crippen LogP contribution in [0.2, 0.25) is 5.02 Å². The fraction of sp³-hybridized carbons (Fsp3) is 0.300. The third-order valence-electron chi connectivity index (χ3n) is 4.06. The maximum Gasteiger partial charge on any atom is 0.574 e. The SMILES string of the molecule is Cc1nc(C)c(Cl)c(CCCc2ccc(Oc3ccc(OC(F)(F)F)nn3)cc2)n1. The van der Waals surface area contributed by atoms with E-state index in [2.05, 4.69) is 24.9 Å². The molecule has 2 heterocycles. The lowest BCUT2D eigenvalue weighted by Crippen LogP contribution is -2.18. The Balaban J connectivity index is 1.53. The Labute approximate surface area is 176 Å². The van der Waals surface area contributed by atoms with Gasteiger partial charge in [-0.1, -0.05) is 23.7 Å². The number of nitrogens with zero attached hydrogens (tertiary/aromatic N) is 4. The Bertz CT molecular complexity index is 997. The molecule has 0 unspecified atom stereocenters. The predicted molar refractivity (Wildman–Crippen MR) is 104 cm³/mol. The number of alkyl halides is 3. The molecule has 3 aromatic rings. The van der Waals surface area contributed by atoms with E-state index >= 15 is 0 Å². The summed E-state index contributed by atoms with van der Waals surface area (Å²) in [6.45, 7) is 3.70. The van der Waals surface area contributed by atoms with E-state index < -0.39 is 12.2 Å². The van der Waals surface area contributed by atoms with Crippen molar-refractivity contribution in [3.63, 3.8) is 0 Å². The number of hydrogen-bond acceptors (Lipinski definition) is 6. The fourth-order valence-corrected chi connectivity index (χ4v) is 2.95. The van der Waals surface area contributed by atoms with E-state index in [1.807, 2.05) is 26.0 Å². The van der Waals surface area contributed by atoms with Crippen LogP contribution < -0.4 is 9.47 Å². The van der Waals surface area contributed by atoms with Crippen molar-refractivity contribution in [3.05, 3.63) is 64.2 Å². The largest absolute Gasteiger partial charge is 0.574 e. The van der Waals surface area contributed by atoms with Crippen LogP contribution in [0.5, 0.6) is 17.5 Å². The predicted octanol–water partition coefficient (Wildman–Crippen LogP) is 5.40. The van der Waals surface area contributed by atoms with Crippen LogP contribution in [0.4, 0.5) is 13.2 Å². The molecule has 0 spiro atoms. The first-order valence-electron chi connectivity index (χ1n) is 9.05. The van der Waals surface area contributed by atoms with Crippen LogP contribution in [-0.2, 0) is 12.8 Å². The Kier molecular flexibility index (Phi) is 6.71. The van der Waals surface area contributed by atoms with Gasteiger partial charge in [0.25, 0.3) is 0 Å². The van der Waals surface area contributed by atoms with Crippen LogP contribution in [0.25, 0.3) is 0 Å². The number of aryl methyl sites for hydroxylation is 4. The summed E-state index contributed by atoms with van der Waals surface area (Å²) >= 11 is 6.27. The van der Waals surface area contributed by atoms with Crippen LogP contribution >= 0.6 is 11.6 Å². The van der Waals surface area contributed by atoms with Crippen molar-refractivity contribution in [1.82, 2.24) is 20.2 Å². The number of benzene rings is 1. The summed E-state index contributed by atoms with van der Waals surface area (Å²) in [5.74, 6) is 0.595.